The number of nitrogens with one attached hydrogen (secondary N) is 1. The first-order valence-corrected chi connectivity index (χ1v) is 3.01. The zero-order chi connectivity index (χ0) is 7.28. The van der Waals surface area contributed by atoms with Crippen LogP contribution in [0.15, 0.2) is 0 Å². The molecule has 0 fully saturated rings. The second kappa shape index (κ2) is 4.32. The molecule has 0 aromatic heterocycles. The van der Waals surface area contributed by atoms with E-state index in [1.165, 1.54) is 7.11 Å². The van der Waals surface area contributed by atoms with Crippen molar-refractivity contribution >= 4 is 5.97 Å². The number of hydrogen-bond donors (Lipinski definition) is 1. The molecule has 0 radical (unpaired) electrons. The van der Waals surface area contributed by atoms with Gasteiger partial charge in [0.2, 0.25) is 0 Å². The van der Waals surface area contributed by atoms with E-state index in [-0.39, 0.29) is 12.0 Å². The normalized spacial score (nSPS) is 12.8. The van der Waals surface area contributed by atoms with E-state index in [1.807, 2.05) is 6.92 Å². The highest BCUT2D eigenvalue weighted by Gasteiger charge is 2.12. The van der Waals surface area contributed by atoms with Gasteiger partial charge in [-0.1, -0.05) is 6.92 Å². The molecule has 0 rings (SSSR count). The summed E-state index contributed by atoms with van der Waals surface area (Å²) in [6, 6.07) is -0.144. The van der Waals surface area contributed by atoms with Crippen LogP contribution in [0.5, 0.6) is 0 Å². The molecule has 0 bridgehead atoms. The number of carbonyl (C=O) groups excluding carboxylic acids is 1. The van der Waals surface area contributed by atoms with Gasteiger partial charge >= 0.3 is 5.97 Å². The fourth-order valence-corrected chi connectivity index (χ4v) is 0.631. The lowest BCUT2D eigenvalue weighted by Gasteiger charge is -2.09. The Morgan fingerprint density at radius 1 is 1.78 bits per heavy atom. The number of likely N-dealkylation sites (N-methyl/N-ethyl adjacent to an activating group) is 1. The molecule has 0 aromatic carbocycles. The first-order chi connectivity index (χ1) is 4.26. The second-order valence-corrected chi connectivity index (χ2v) is 1.77. The number of methoxy groups -OCH3 is 1. The van der Waals surface area contributed by atoms with Crippen molar-refractivity contribution in [2.75, 3.05) is 14.2 Å². The lowest BCUT2D eigenvalue weighted by molar-refractivity contribution is -0.143. The molecule has 0 aliphatic rings. The van der Waals surface area contributed by atoms with Crippen LogP contribution in [0.3, 0.4) is 0 Å². The van der Waals surface area contributed by atoms with Gasteiger partial charge in [-0.25, -0.2) is 0 Å². The fraction of sp³-hybridized carbons (Fsp3) is 0.833. The number of ether oxygens (including phenoxy) is 1. The van der Waals surface area contributed by atoms with Gasteiger partial charge in [-0.05, 0) is 13.5 Å². The highest BCUT2D eigenvalue weighted by atomic mass is 16.5. The smallest absolute Gasteiger partial charge is 0.322 e. The second-order valence-electron chi connectivity index (χ2n) is 1.77. The average molecular weight is 131 g/mol. The minimum atomic E-state index is -0.194. The number of rotatable bonds is 3. The van der Waals surface area contributed by atoms with Crippen LogP contribution in [0.25, 0.3) is 0 Å². The molecule has 0 aliphatic heterocycles. The summed E-state index contributed by atoms with van der Waals surface area (Å²) in [4.78, 5) is 10.7. The van der Waals surface area contributed by atoms with Gasteiger partial charge < -0.3 is 10.1 Å². The molecule has 0 saturated carbocycles. The topological polar surface area (TPSA) is 38.3 Å². The summed E-state index contributed by atoms with van der Waals surface area (Å²) in [5, 5.41) is 2.83. The standard InChI is InChI=1S/C6H13NO2/c1-4-5(7-2)6(8)9-3/h5,7H,4H2,1-3H3/t5-/m1/s1. The van der Waals surface area contributed by atoms with Crippen LogP contribution in [0.2, 0.25) is 0 Å². The van der Waals surface area contributed by atoms with E-state index >= 15 is 0 Å². The molecule has 0 saturated heterocycles. The van der Waals surface area contributed by atoms with Gasteiger partial charge in [-0.15, -0.1) is 0 Å². The zero-order valence-electron chi connectivity index (χ0n) is 6.10. The Morgan fingerprint density at radius 3 is 2.44 bits per heavy atom. The summed E-state index contributed by atoms with van der Waals surface area (Å²) >= 11 is 0. The van der Waals surface area contributed by atoms with Crippen LogP contribution in [0.4, 0.5) is 0 Å². The molecule has 0 heterocycles. The van der Waals surface area contributed by atoms with Crippen molar-refractivity contribution in [2.45, 2.75) is 19.4 Å². The summed E-state index contributed by atoms with van der Waals surface area (Å²) in [6.45, 7) is 1.93. The monoisotopic (exact) mass is 131 g/mol. The number of esters is 1. The molecule has 0 amide bonds. The third-order valence-electron chi connectivity index (χ3n) is 1.24. The van der Waals surface area contributed by atoms with E-state index < -0.39 is 0 Å². The SMILES string of the molecule is CC[C@@H](NC)C(=O)OC. The minimum absolute atomic E-state index is 0.144. The number of hydrogen-bond acceptors (Lipinski definition) is 3. The maximum absolute atomic E-state index is 10.7. The van der Waals surface area contributed by atoms with Crippen LogP contribution >= 0.6 is 0 Å². The van der Waals surface area contributed by atoms with Crippen molar-refractivity contribution in [3.63, 3.8) is 0 Å². The van der Waals surface area contributed by atoms with Crippen molar-refractivity contribution in [3.8, 4) is 0 Å². The van der Waals surface area contributed by atoms with Gasteiger partial charge in [0.1, 0.15) is 6.04 Å². The molecule has 3 heteroatoms. The molecule has 9 heavy (non-hydrogen) atoms. The molecule has 54 valence electrons. The molecule has 1 N–H and O–H groups in total. The van der Waals surface area contributed by atoms with Crippen LogP contribution in [-0.2, 0) is 9.53 Å². The fourth-order valence-electron chi connectivity index (χ4n) is 0.631. The maximum Gasteiger partial charge on any atom is 0.322 e. The van der Waals surface area contributed by atoms with Crippen molar-refractivity contribution < 1.29 is 9.53 Å². The van der Waals surface area contributed by atoms with Gasteiger partial charge in [-0.2, -0.15) is 0 Å². The summed E-state index contributed by atoms with van der Waals surface area (Å²) < 4.78 is 4.49. The van der Waals surface area contributed by atoms with Crippen molar-refractivity contribution in [1.82, 2.24) is 5.32 Å². The Labute approximate surface area is 55.4 Å². The highest BCUT2D eigenvalue weighted by Crippen LogP contribution is 1.90. The van der Waals surface area contributed by atoms with Crippen LogP contribution in [0.1, 0.15) is 13.3 Å². The largest absolute Gasteiger partial charge is 0.468 e. The van der Waals surface area contributed by atoms with Crippen molar-refractivity contribution in [2.24, 2.45) is 0 Å². The van der Waals surface area contributed by atoms with Gasteiger partial charge in [0, 0.05) is 0 Å². The van der Waals surface area contributed by atoms with Gasteiger partial charge in [0.15, 0.2) is 0 Å². The summed E-state index contributed by atoms with van der Waals surface area (Å²) in [5.41, 5.74) is 0. The van der Waals surface area contributed by atoms with E-state index in [2.05, 4.69) is 10.1 Å². The van der Waals surface area contributed by atoms with Gasteiger partial charge in [0.25, 0.3) is 0 Å². The highest BCUT2D eigenvalue weighted by molar-refractivity contribution is 5.75. The molecular formula is C6H13NO2. The molecule has 3 nitrogen and oxygen atoms in total. The van der Waals surface area contributed by atoms with E-state index in [4.69, 9.17) is 0 Å². The molecule has 1 atom stereocenters. The summed E-state index contributed by atoms with van der Waals surface area (Å²) in [5.74, 6) is -0.194. The first-order valence-electron chi connectivity index (χ1n) is 3.01. The van der Waals surface area contributed by atoms with Crippen molar-refractivity contribution in [1.29, 1.82) is 0 Å². The maximum atomic E-state index is 10.7. The third kappa shape index (κ3) is 2.46. The number of carbonyl (C=O) groups is 1. The Hall–Kier alpha value is -0.570. The van der Waals surface area contributed by atoms with Gasteiger partial charge in [0.05, 0.1) is 7.11 Å². The predicted octanol–water partition coefficient (Wildman–Crippen LogP) is 0.157. The van der Waals surface area contributed by atoms with E-state index in [0.717, 1.165) is 6.42 Å². The Kier molecular flexibility index (Phi) is 4.05. The Morgan fingerprint density at radius 2 is 2.33 bits per heavy atom. The van der Waals surface area contributed by atoms with Crippen LogP contribution < -0.4 is 5.32 Å². The van der Waals surface area contributed by atoms with E-state index in [0.29, 0.717) is 0 Å². The predicted molar refractivity (Wildman–Crippen MR) is 35.2 cm³/mol. The Balaban J connectivity index is 3.64. The van der Waals surface area contributed by atoms with Crippen LogP contribution in [-0.4, -0.2) is 26.2 Å². The van der Waals surface area contributed by atoms with E-state index in [1.54, 1.807) is 7.05 Å². The molecular weight excluding hydrogens is 118 g/mol. The van der Waals surface area contributed by atoms with Crippen LogP contribution in [0, 0.1) is 0 Å². The zero-order valence-corrected chi connectivity index (χ0v) is 6.10. The summed E-state index contributed by atoms with van der Waals surface area (Å²) in [6.07, 6.45) is 0.767. The van der Waals surface area contributed by atoms with E-state index in [9.17, 15) is 4.79 Å². The molecule has 0 aliphatic carbocycles. The molecule has 0 aromatic rings. The summed E-state index contributed by atoms with van der Waals surface area (Å²) in [7, 11) is 3.13. The lowest BCUT2D eigenvalue weighted by Crippen LogP contribution is -2.34. The molecule has 0 unspecified atom stereocenters. The lowest BCUT2D eigenvalue weighted by atomic mass is 10.2. The quantitative estimate of drug-likeness (QED) is 0.554. The van der Waals surface area contributed by atoms with Gasteiger partial charge in [-0.3, -0.25) is 4.79 Å². The van der Waals surface area contributed by atoms with Crippen molar-refractivity contribution in [3.05, 3.63) is 0 Å². The Bertz CT molecular complexity index is 89.1. The first kappa shape index (κ1) is 8.43. The average Bonchev–Trinajstić information content (AvgIpc) is 1.90. The third-order valence-corrected chi connectivity index (χ3v) is 1.24. The molecule has 0 spiro atoms. The minimum Gasteiger partial charge on any atom is -0.468 e.